The molecular formula is C23H22FN7O3. The first-order valence-electron chi connectivity index (χ1n) is 10.7. The Labute approximate surface area is 193 Å². The van der Waals surface area contributed by atoms with Crippen LogP contribution in [0.4, 0.5) is 4.39 Å². The van der Waals surface area contributed by atoms with Crippen molar-refractivity contribution in [1.29, 1.82) is 0 Å². The number of aromatic nitrogens is 5. The van der Waals surface area contributed by atoms with Gasteiger partial charge in [0.1, 0.15) is 12.4 Å². The van der Waals surface area contributed by atoms with Crippen LogP contribution in [0.25, 0.3) is 16.6 Å². The molecule has 0 spiro atoms. The Balaban J connectivity index is 1.56. The molecule has 0 amide bonds. The molecule has 0 saturated heterocycles. The van der Waals surface area contributed by atoms with Gasteiger partial charge < -0.3 is 14.0 Å². The lowest BCUT2D eigenvalue weighted by molar-refractivity contribution is 0.146. The summed E-state index contributed by atoms with van der Waals surface area (Å²) in [4.78, 5) is 17.7. The van der Waals surface area contributed by atoms with Crippen molar-refractivity contribution in [2.24, 2.45) is 10.2 Å². The highest BCUT2D eigenvalue weighted by Crippen LogP contribution is 2.25. The molecule has 4 aromatic heterocycles. The first-order chi connectivity index (χ1) is 16.5. The summed E-state index contributed by atoms with van der Waals surface area (Å²) in [6.07, 6.45) is 6.64. The molecule has 0 aliphatic carbocycles. The maximum absolute atomic E-state index is 14.9. The smallest absolute Gasteiger partial charge is 0.260 e. The third kappa shape index (κ3) is 3.73. The van der Waals surface area contributed by atoms with E-state index in [0.717, 1.165) is 5.71 Å². The SMILES string of the molecule is COCCOc1cnc2ccn([C@H](C)c3nnc4c(F)cc(C5C=NN=C5C)cn34)c(=O)c2c1. The third-order valence-corrected chi connectivity index (χ3v) is 5.85. The Morgan fingerprint density at radius 2 is 2.09 bits per heavy atom. The van der Waals surface area contributed by atoms with Crippen LogP contribution in [0, 0.1) is 5.82 Å². The fourth-order valence-electron chi connectivity index (χ4n) is 4.00. The zero-order valence-corrected chi connectivity index (χ0v) is 18.8. The highest BCUT2D eigenvalue weighted by Gasteiger charge is 2.23. The standard InChI is InChI=1S/C23H22FN7O3/c1-13-18(11-26-27-13)15-8-19(24)22-29-28-21(31(22)12-15)14(2)30-5-4-20-17(23(30)32)9-16(10-25-20)34-7-6-33-3/h4-5,8-12,14,18H,6-7H2,1-3H3/t14-,18?/m1/s1. The monoisotopic (exact) mass is 463 g/mol. The van der Waals surface area contributed by atoms with E-state index < -0.39 is 11.9 Å². The van der Waals surface area contributed by atoms with E-state index in [1.807, 2.05) is 13.8 Å². The average molecular weight is 463 g/mol. The molecule has 1 unspecified atom stereocenters. The normalized spacial score (nSPS) is 16.4. The van der Waals surface area contributed by atoms with Crippen molar-refractivity contribution >= 4 is 28.5 Å². The van der Waals surface area contributed by atoms with Crippen molar-refractivity contribution in [1.82, 2.24) is 24.1 Å². The average Bonchev–Trinajstić information content (AvgIpc) is 3.46. The van der Waals surface area contributed by atoms with Gasteiger partial charge in [0.15, 0.2) is 17.3 Å². The lowest BCUT2D eigenvalue weighted by atomic mass is 9.98. The second-order valence-electron chi connectivity index (χ2n) is 8.01. The van der Waals surface area contributed by atoms with Crippen LogP contribution in [0.15, 0.2) is 51.8 Å². The van der Waals surface area contributed by atoms with Crippen LogP contribution in [0.2, 0.25) is 0 Å². The van der Waals surface area contributed by atoms with E-state index in [4.69, 9.17) is 9.47 Å². The first-order valence-corrected chi connectivity index (χ1v) is 10.7. The fraction of sp³-hybridized carbons (Fsp3) is 0.304. The minimum absolute atomic E-state index is 0.0828. The molecule has 1 aliphatic heterocycles. The predicted molar refractivity (Wildman–Crippen MR) is 124 cm³/mol. The maximum atomic E-state index is 14.9. The van der Waals surface area contributed by atoms with Crippen LogP contribution in [-0.4, -0.2) is 56.4 Å². The number of fused-ring (bicyclic) bond motifs is 2. The van der Waals surface area contributed by atoms with E-state index in [0.29, 0.717) is 41.3 Å². The van der Waals surface area contributed by atoms with Gasteiger partial charge in [-0.25, -0.2) is 4.39 Å². The molecule has 0 fully saturated rings. The van der Waals surface area contributed by atoms with Crippen molar-refractivity contribution in [3.8, 4) is 5.75 Å². The van der Waals surface area contributed by atoms with E-state index >= 15 is 0 Å². The molecule has 0 N–H and O–H groups in total. The summed E-state index contributed by atoms with van der Waals surface area (Å²) in [6.45, 7) is 4.41. The number of hydrogen-bond donors (Lipinski definition) is 0. The summed E-state index contributed by atoms with van der Waals surface area (Å²) in [5, 5.41) is 16.6. The zero-order valence-electron chi connectivity index (χ0n) is 18.8. The molecule has 174 valence electrons. The van der Waals surface area contributed by atoms with Gasteiger partial charge in [0.2, 0.25) is 0 Å². The van der Waals surface area contributed by atoms with Crippen molar-refractivity contribution in [2.45, 2.75) is 25.8 Å². The molecule has 10 nitrogen and oxygen atoms in total. The minimum atomic E-state index is -0.536. The van der Waals surface area contributed by atoms with Crippen molar-refractivity contribution in [2.75, 3.05) is 20.3 Å². The Hall–Kier alpha value is -3.99. The van der Waals surface area contributed by atoms with Gasteiger partial charge in [-0.05, 0) is 37.6 Å². The van der Waals surface area contributed by atoms with E-state index in [1.54, 1.807) is 48.4 Å². The van der Waals surface area contributed by atoms with E-state index in [2.05, 4.69) is 25.4 Å². The van der Waals surface area contributed by atoms with Gasteiger partial charge in [0, 0.05) is 25.7 Å². The number of methoxy groups -OCH3 is 1. The lowest BCUT2D eigenvalue weighted by Gasteiger charge is -2.16. The number of pyridine rings is 3. The second-order valence-corrected chi connectivity index (χ2v) is 8.01. The third-order valence-electron chi connectivity index (χ3n) is 5.85. The van der Waals surface area contributed by atoms with Gasteiger partial charge in [-0.3, -0.25) is 14.2 Å². The van der Waals surface area contributed by atoms with E-state index in [1.165, 1.54) is 10.6 Å². The first kappa shape index (κ1) is 21.8. The summed E-state index contributed by atoms with van der Waals surface area (Å²) in [6, 6.07) is 4.28. The zero-order chi connectivity index (χ0) is 23.8. The van der Waals surface area contributed by atoms with Crippen LogP contribution in [0.3, 0.4) is 0 Å². The van der Waals surface area contributed by atoms with Gasteiger partial charge in [0.05, 0.1) is 41.4 Å². The molecule has 4 aromatic rings. The van der Waals surface area contributed by atoms with Crippen LogP contribution in [-0.2, 0) is 4.74 Å². The van der Waals surface area contributed by atoms with Crippen LogP contribution in [0.1, 0.15) is 37.2 Å². The topological polar surface area (TPSA) is 108 Å². The summed E-state index contributed by atoms with van der Waals surface area (Å²) in [5.41, 5.74) is 1.80. The molecule has 0 aromatic carbocycles. The lowest BCUT2D eigenvalue weighted by Crippen LogP contribution is -2.25. The molecular weight excluding hydrogens is 441 g/mol. The molecule has 34 heavy (non-hydrogen) atoms. The number of halogens is 1. The Kier molecular flexibility index (Phi) is 5.62. The number of hydrogen-bond acceptors (Lipinski definition) is 8. The van der Waals surface area contributed by atoms with E-state index in [-0.39, 0.29) is 17.1 Å². The molecule has 0 radical (unpaired) electrons. The number of rotatable bonds is 7. The Morgan fingerprint density at radius 3 is 2.85 bits per heavy atom. The predicted octanol–water partition coefficient (Wildman–Crippen LogP) is 2.76. The fourth-order valence-corrected chi connectivity index (χ4v) is 4.00. The molecule has 5 rings (SSSR count). The summed E-state index contributed by atoms with van der Waals surface area (Å²) >= 11 is 0. The molecule has 11 heteroatoms. The molecule has 0 saturated carbocycles. The van der Waals surface area contributed by atoms with Gasteiger partial charge in [-0.1, -0.05) is 0 Å². The van der Waals surface area contributed by atoms with E-state index in [9.17, 15) is 9.18 Å². The maximum Gasteiger partial charge on any atom is 0.260 e. The summed E-state index contributed by atoms with van der Waals surface area (Å²) in [5.74, 6) is 0.157. The van der Waals surface area contributed by atoms with Crippen molar-refractivity contribution in [3.05, 3.63) is 64.3 Å². The largest absolute Gasteiger partial charge is 0.490 e. The Bertz CT molecular complexity index is 1510. The highest BCUT2D eigenvalue weighted by atomic mass is 19.1. The van der Waals surface area contributed by atoms with Gasteiger partial charge in [-0.2, -0.15) is 10.2 Å². The summed E-state index contributed by atoms with van der Waals surface area (Å²) in [7, 11) is 1.58. The number of nitrogens with zero attached hydrogens (tertiary/aromatic N) is 7. The van der Waals surface area contributed by atoms with Crippen LogP contribution in [0.5, 0.6) is 5.75 Å². The van der Waals surface area contributed by atoms with Crippen LogP contribution < -0.4 is 10.3 Å². The quantitative estimate of drug-likeness (QED) is 0.390. The van der Waals surface area contributed by atoms with Gasteiger partial charge in [-0.15, -0.1) is 10.2 Å². The Morgan fingerprint density at radius 1 is 1.24 bits per heavy atom. The van der Waals surface area contributed by atoms with Gasteiger partial charge in [0.25, 0.3) is 5.56 Å². The second kappa shape index (κ2) is 8.75. The van der Waals surface area contributed by atoms with Crippen molar-refractivity contribution in [3.63, 3.8) is 0 Å². The summed E-state index contributed by atoms with van der Waals surface area (Å²) < 4.78 is 28.5. The molecule has 0 bridgehead atoms. The van der Waals surface area contributed by atoms with Gasteiger partial charge >= 0.3 is 0 Å². The number of ether oxygens (including phenoxy) is 2. The molecule has 5 heterocycles. The highest BCUT2D eigenvalue weighted by molar-refractivity contribution is 6.05. The van der Waals surface area contributed by atoms with Crippen molar-refractivity contribution < 1.29 is 13.9 Å². The molecule has 2 atom stereocenters. The minimum Gasteiger partial charge on any atom is -0.490 e. The molecule has 1 aliphatic rings. The van der Waals surface area contributed by atoms with Crippen LogP contribution >= 0.6 is 0 Å².